The summed E-state index contributed by atoms with van der Waals surface area (Å²) in [6.07, 6.45) is 3.63. The van der Waals surface area contributed by atoms with E-state index in [-0.39, 0.29) is 0 Å². The lowest BCUT2D eigenvalue weighted by Gasteiger charge is -2.18. The lowest BCUT2D eigenvalue weighted by atomic mass is 10.0. The van der Waals surface area contributed by atoms with E-state index >= 15 is 0 Å². The molecule has 0 bridgehead atoms. The molecule has 1 aliphatic rings. The third-order valence-corrected chi connectivity index (χ3v) is 4.41. The molecule has 0 aliphatic heterocycles. The monoisotopic (exact) mass is 342 g/mol. The molecule has 104 valence electrons. The Balaban J connectivity index is 2.03. The molecule has 0 radical (unpaired) electrons. The topological polar surface area (TPSA) is 47.3 Å². The van der Waals surface area contributed by atoms with Gasteiger partial charge in [0, 0.05) is 36.0 Å². The number of methoxy groups -OCH3 is 1. The van der Waals surface area contributed by atoms with Crippen LogP contribution in [-0.2, 0) is 4.74 Å². The van der Waals surface area contributed by atoms with Crippen molar-refractivity contribution in [3.63, 3.8) is 0 Å². The summed E-state index contributed by atoms with van der Waals surface area (Å²) < 4.78 is 6.20. The van der Waals surface area contributed by atoms with Crippen molar-refractivity contribution in [1.29, 1.82) is 0 Å². The van der Waals surface area contributed by atoms with Gasteiger partial charge in [-0.2, -0.15) is 0 Å². The fourth-order valence-corrected chi connectivity index (χ4v) is 2.71. The van der Waals surface area contributed by atoms with Crippen LogP contribution in [0.2, 0.25) is 0 Å². The normalized spacial score (nSPS) is 16.1. The van der Waals surface area contributed by atoms with Crippen LogP contribution < -0.4 is 11.1 Å². The number of thiocarbonyl (C=S) groups is 1. The Morgan fingerprint density at radius 2 is 2.26 bits per heavy atom. The van der Waals surface area contributed by atoms with Gasteiger partial charge >= 0.3 is 0 Å². The van der Waals surface area contributed by atoms with Crippen LogP contribution >= 0.6 is 28.1 Å². The van der Waals surface area contributed by atoms with Crippen LogP contribution in [0.1, 0.15) is 24.8 Å². The standard InChI is InChI=1S/C14H19BrN2OS/c1-18-7-6-14(4-5-14)9-17-12-8-10(15)2-3-11(12)13(16)19/h2-3,8,17H,4-7,9H2,1H3,(H2,16,19). The molecule has 5 heteroatoms. The molecule has 2 rings (SSSR count). The lowest BCUT2D eigenvalue weighted by Crippen LogP contribution is -2.20. The van der Waals surface area contributed by atoms with Crippen molar-refractivity contribution in [2.45, 2.75) is 19.3 Å². The van der Waals surface area contributed by atoms with Crippen LogP contribution in [0, 0.1) is 5.41 Å². The number of nitrogens with one attached hydrogen (secondary N) is 1. The van der Waals surface area contributed by atoms with Crippen LogP contribution in [0.3, 0.4) is 0 Å². The van der Waals surface area contributed by atoms with Crippen LogP contribution in [0.4, 0.5) is 5.69 Å². The molecular formula is C14H19BrN2OS. The van der Waals surface area contributed by atoms with E-state index in [9.17, 15) is 0 Å². The van der Waals surface area contributed by atoms with Gasteiger partial charge in [-0.3, -0.25) is 0 Å². The first-order valence-electron chi connectivity index (χ1n) is 6.38. The molecule has 3 N–H and O–H groups in total. The number of nitrogens with two attached hydrogens (primary N) is 1. The predicted octanol–water partition coefficient (Wildman–Crippen LogP) is 3.31. The van der Waals surface area contributed by atoms with Crippen LogP contribution in [-0.4, -0.2) is 25.2 Å². The minimum atomic E-state index is 0.395. The third kappa shape index (κ3) is 3.91. The molecule has 1 aliphatic carbocycles. The highest BCUT2D eigenvalue weighted by Crippen LogP contribution is 2.48. The smallest absolute Gasteiger partial charge is 0.106 e. The molecule has 0 amide bonds. The first-order chi connectivity index (χ1) is 9.06. The average Bonchev–Trinajstić information content (AvgIpc) is 3.14. The zero-order valence-electron chi connectivity index (χ0n) is 11.0. The van der Waals surface area contributed by atoms with Gasteiger partial charge in [-0.1, -0.05) is 28.1 Å². The van der Waals surface area contributed by atoms with E-state index < -0.39 is 0 Å². The van der Waals surface area contributed by atoms with E-state index in [4.69, 9.17) is 22.7 Å². The fourth-order valence-electron chi connectivity index (χ4n) is 2.17. The van der Waals surface area contributed by atoms with Gasteiger partial charge < -0.3 is 15.8 Å². The summed E-state index contributed by atoms with van der Waals surface area (Å²) in [5.41, 5.74) is 8.06. The van der Waals surface area contributed by atoms with Gasteiger partial charge in [0.1, 0.15) is 4.99 Å². The summed E-state index contributed by atoms with van der Waals surface area (Å²) in [6.45, 7) is 1.77. The van der Waals surface area contributed by atoms with Gasteiger partial charge in [-0.25, -0.2) is 0 Å². The van der Waals surface area contributed by atoms with Crippen molar-refractivity contribution in [3.05, 3.63) is 28.2 Å². The molecule has 0 unspecified atom stereocenters. The number of benzene rings is 1. The number of halogens is 1. The Labute approximate surface area is 128 Å². The Morgan fingerprint density at radius 1 is 1.53 bits per heavy atom. The van der Waals surface area contributed by atoms with E-state index in [0.717, 1.165) is 35.3 Å². The molecule has 1 aromatic carbocycles. The van der Waals surface area contributed by atoms with Crippen molar-refractivity contribution in [1.82, 2.24) is 0 Å². The van der Waals surface area contributed by atoms with Crippen molar-refractivity contribution in [3.8, 4) is 0 Å². The van der Waals surface area contributed by atoms with Crippen molar-refractivity contribution < 1.29 is 4.74 Å². The molecule has 0 atom stereocenters. The second kappa shape index (κ2) is 6.20. The Kier molecular flexibility index (Phi) is 4.81. The molecule has 1 aromatic rings. The summed E-state index contributed by atoms with van der Waals surface area (Å²) in [4.78, 5) is 0.428. The Hall–Kier alpha value is -0.650. The number of rotatable bonds is 7. The number of ether oxygens (including phenoxy) is 1. The van der Waals surface area contributed by atoms with E-state index in [1.807, 2.05) is 18.2 Å². The maximum Gasteiger partial charge on any atom is 0.106 e. The van der Waals surface area contributed by atoms with Crippen LogP contribution in [0.15, 0.2) is 22.7 Å². The zero-order valence-corrected chi connectivity index (χ0v) is 13.4. The quantitative estimate of drug-likeness (QED) is 0.746. The molecule has 19 heavy (non-hydrogen) atoms. The summed E-state index contributed by atoms with van der Waals surface area (Å²) in [5.74, 6) is 0. The first-order valence-corrected chi connectivity index (χ1v) is 7.59. The number of hydrogen-bond donors (Lipinski definition) is 2. The van der Waals surface area contributed by atoms with Crippen LogP contribution in [0.25, 0.3) is 0 Å². The van der Waals surface area contributed by atoms with Gasteiger partial charge in [0.05, 0.1) is 0 Å². The fraction of sp³-hybridized carbons (Fsp3) is 0.500. The lowest BCUT2D eigenvalue weighted by molar-refractivity contribution is 0.175. The highest BCUT2D eigenvalue weighted by atomic mass is 79.9. The number of anilines is 1. The zero-order chi connectivity index (χ0) is 13.9. The summed E-state index contributed by atoms with van der Waals surface area (Å²) in [7, 11) is 1.75. The van der Waals surface area contributed by atoms with Gasteiger partial charge in [0.15, 0.2) is 0 Å². The predicted molar refractivity (Wildman–Crippen MR) is 86.7 cm³/mol. The van der Waals surface area contributed by atoms with E-state index in [0.29, 0.717) is 10.4 Å². The Morgan fingerprint density at radius 3 is 2.84 bits per heavy atom. The largest absolute Gasteiger partial charge is 0.389 e. The van der Waals surface area contributed by atoms with Crippen molar-refractivity contribution in [2.75, 3.05) is 25.6 Å². The molecule has 0 heterocycles. The van der Waals surface area contributed by atoms with Gasteiger partial charge in [-0.05, 0) is 42.9 Å². The van der Waals surface area contributed by atoms with Crippen molar-refractivity contribution >= 4 is 38.8 Å². The molecule has 1 saturated carbocycles. The van der Waals surface area contributed by atoms with Gasteiger partial charge in [0.2, 0.25) is 0 Å². The van der Waals surface area contributed by atoms with E-state index in [2.05, 4.69) is 21.2 Å². The molecule has 0 spiro atoms. The third-order valence-electron chi connectivity index (χ3n) is 3.69. The molecular weight excluding hydrogens is 324 g/mol. The van der Waals surface area contributed by atoms with Gasteiger partial charge in [0.25, 0.3) is 0 Å². The summed E-state index contributed by atoms with van der Waals surface area (Å²) in [5, 5.41) is 3.49. The van der Waals surface area contributed by atoms with Crippen LogP contribution in [0.5, 0.6) is 0 Å². The van der Waals surface area contributed by atoms with Crippen molar-refractivity contribution in [2.24, 2.45) is 11.1 Å². The highest BCUT2D eigenvalue weighted by Gasteiger charge is 2.41. The van der Waals surface area contributed by atoms with Gasteiger partial charge in [-0.15, -0.1) is 0 Å². The molecule has 0 aromatic heterocycles. The maximum absolute atomic E-state index is 5.76. The first kappa shape index (κ1) is 14.8. The minimum absolute atomic E-state index is 0.395. The summed E-state index contributed by atoms with van der Waals surface area (Å²) >= 11 is 8.57. The minimum Gasteiger partial charge on any atom is -0.389 e. The van der Waals surface area contributed by atoms with E-state index in [1.54, 1.807) is 7.11 Å². The highest BCUT2D eigenvalue weighted by molar-refractivity contribution is 9.10. The molecule has 1 fully saturated rings. The number of hydrogen-bond acceptors (Lipinski definition) is 3. The summed E-state index contributed by atoms with van der Waals surface area (Å²) in [6, 6.07) is 5.93. The molecule has 3 nitrogen and oxygen atoms in total. The molecule has 0 saturated heterocycles. The van der Waals surface area contributed by atoms with E-state index in [1.165, 1.54) is 12.8 Å². The second-order valence-electron chi connectivity index (χ2n) is 5.15. The SMILES string of the molecule is COCCC1(CNc2cc(Br)ccc2C(N)=S)CC1. The average molecular weight is 343 g/mol. The maximum atomic E-state index is 5.76. The second-order valence-corrected chi connectivity index (χ2v) is 6.51. The Bertz CT molecular complexity index is 475.